The highest BCUT2D eigenvalue weighted by atomic mass is 32.2. The Morgan fingerprint density at radius 3 is 1.93 bits per heavy atom. The van der Waals surface area contributed by atoms with E-state index in [0.717, 1.165) is 11.1 Å². The highest BCUT2D eigenvalue weighted by Crippen LogP contribution is 2.45. The van der Waals surface area contributed by atoms with Gasteiger partial charge in [0.25, 0.3) is 0 Å². The Morgan fingerprint density at radius 1 is 0.815 bits per heavy atom. The predicted octanol–water partition coefficient (Wildman–Crippen LogP) is 5.23. The Balaban J connectivity index is 1.93. The van der Waals surface area contributed by atoms with E-state index in [1.54, 1.807) is 31.2 Å². The van der Waals surface area contributed by atoms with Crippen LogP contribution in [0.25, 0.3) is 0 Å². The molecule has 0 saturated carbocycles. The fourth-order valence-electron chi connectivity index (χ4n) is 3.72. The molecule has 3 heteroatoms. The van der Waals surface area contributed by atoms with Gasteiger partial charge in [-0.25, -0.2) is 8.42 Å². The first-order valence-electron chi connectivity index (χ1n) is 9.55. The summed E-state index contributed by atoms with van der Waals surface area (Å²) in [5.74, 6) is 6.53. The molecule has 0 atom stereocenters. The molecule has 142 valence electrons. The lowest BCUT2D eigenvalue weighted by Gasteiger charge is -2.41. The summed E-state index contributed by atoms with van der Waals surface area (Å²) < 4.78 is 23.8. The SMILES string of the molecule is CCS(=O)(=O)c1ccc(C#Cc2ccc3c(c2)C(C)(C)CCC3(C)C)cc1. The molecule has 0 saturated heterocycles. The van der Waals surface area contributed by atoms with Crippen molar-refractivity contribution in [1.82, 2.24) is 0 Å². The van der Waals surface area contributed by atoms with Gasteiger partial charge in [0.15, 0.2) is 9.84 Å². The van der Waals surface area contributed by atoms with E-state index in [0.29, 0.717) is 4.90 Å². The van der Waals surface area contributed by atoms with Crippen molar-refractivity contribution in [3.8, 4) is 11.8 Å². The van der Waals surface area contributed by atoms with Crippen molar-refractivity contribution in [3.05, 3.63) is 64.7 Å². The van der Waals surface area contributed by atoms with Gasteiger partial charge in [-0.15, -0.1) is 0 Å². The van der Waals surface area contributed by atoms with Gasteiger partial charge in [-0.1, -0.05) is 52.5 Å². The van der Waals surface area contributed by atoms with Gasteiger partial charge in [0.2, 0.25) is 0 Å². The minimum absolute atomic E-state index is 0.110. The summed E-state index contributed by atoms with van der Waals surface area (Å²) in [6.45, 7) is 10.9. The molecule has 2 nitrogen and oxygen atoms in total. The zero-order chi connectivity index (χ0) is 19.9. The number of benzene rings is 2. The molecule has 0 spiro atoms. The third-order valence-corrected chi connectivity index (χ3v) is 7.55. The largest absolute Gasteiger partial charge is 0.224 e. The average molecular weight is 381 g/mol. The van der Waals surface area contributed by atoms with Gasteiger partial charge < -0.3 is 0 Å². The Labute approximate surface area is 163 Å². The standard InChI is InChI=1S/C24H28O2S/c1-6-27(25,26)20-12-9-18(10-13-20)7-8-19-11-14-21-22(17-19)24(4,5)16-15-23(21,2)3/h9-14,17H,6,15-16H2,1-5H3. The van der Waals surface area contributed by atoms with Gasteiger partial charge >= 0.3 is 0 Å². The maximum absolute atomic E-state index is 11.9. The van der Waals surface area contributed by atoms with Crippen LogP contribution < -0.4 is 0 Å². The molecule has 1 aliphatic rings. The molecule has 0 heterocycles. The molecule has 0 bridgehead atoms. The Morgan fingerprint density at radius 2 is 1.33 bits per heavy atom. The zero-order valence-corrected chi connectivity index (χ0v) is 17.7. The summed E-state index contributed by atoms with van der Waals surface area (Å²) in [5.41, 5.74) is 5.02. The number of hydrogen-bond acceptors (Lipinski definition) is 2. The van der Waals surface area contributed by atoms with Crippen molar-refractivity contribution in [2.45, 2.75) is 63.2 Å². The maximum atomic E-state index is 11.9. The van der Waals surface area contributed by atoms with Gasteiger partial charge in [-0.05, 0) is 71.2 Å². The molecule has 1 aliphatic carbocycles. The van der Waals surface area contributed by atoms with Gasteiger partial charge in [-0.2, -0.15) is 0 Å². The highest BCUT2D eigenvalue weighted by molar-refractivity contribution is 7.91. The van der Waals surface area contributed by atoms with E-state index in [1.165, 1.54) is 24.0 Å². The van der Waals surface area contributed by atoms with E-state index in [4.69, 9.17) is 0 Å². The fourth-order valence-corrected chi connectivity index (χ4v) is 4.61. The molecular weight excluding hydrogens is 352 g/mol. The van der Waals surface area contributed by atoms with Crippen LogP contribution >= 0.6 is 0 Å². The highest BCUT2D eigenvalue weighted by Gasteiger charge is 2.36. The lowest BCUT2D eigenvalue weighted by atomic mass is 9.63. The van der Waals surface area contributed by atoms with Crippen LogP contribution in [0.5, 0.6) is 0 Å². The number of hydrogen-bond donors (Lipinski definition) is 0. The van der Waals surface area contributed by atoms with Crippen LogP contribution in [0, 0.1) is 11.8 Å². The predicted molar refractivity (Wildman–Crippen MR) is 112 cm³/mol. The van der Waals surface area contributed by atoms with E-state index < -0.39 is 9.84 Å². The number of fused-ring (bicyclic) bond motifs is 1. The molecule has 0 radical (unpaired) electrons. The van der Waals surface area contributed by atoms with Crippen molar-refractivity contribution >= 4 is 9.84 Å². The van der Waals surface area contributed by atoms with Crippen LogP contribution in [0.2, 0.25) is 0 Å². The molecule has 2 aromatic carbocycles. The van der Waals surface area contributed by atoms with Crippen molar-refractivity contribution in [2.24, 2.45) is 0 Å². The van der Waals surface area contributed by atoms with Crippen molar-refractivity contribution in [1.29, 1.82) is 0 Å². The normalized spacial score (nSPS) is 17.5. The second-order valence-electron chi connectivity index (χ2n) is 8.71. The number of sulfone groups is 1. The van der Waals surface area contributed by atoms with Gasteiger partial charge in [0.05, 0.1) is 10.6 Å². The minimum atomic E-state index is -3.16. The summed E-state index contributed by atoms with van der Waals surface area (Å²) in [6.07, 6.45) is 2.38. The van der Waals surface area contributed by atoms with Gasteiger partial charge in [0, 0.05) is 11.1 Å². The molecule has 0 amide bonds. The van der Waals surface area contributed by atoms with Crippen molar-refractivity contribution in [2.75, 3.05) is 5.75 Å². The average Bonchev–Trinajstić information content (AvgIpc) is 2.64. The molecule has 0 unspecified atom stereocenters. The fraction of sp³-hybridized carbons (Fsp3) is 0.417. The molecule has 2 aromatic rings. The van der Waals surface area contributed by atoms with E-state index >= 15 is 0 Å². The van der Waals surface area contributed by atoms with Crippen molar-refractivity contribution in [3.63, 3.8) is 0 Å². The van der Waals surface area contributed by atoms with E-state index in [-0.39, 0.29) is 16.6 Å². The third kappa shape index (κ3) is 3.96. The zero-order valence-electron chi connectivity index (χ0n) is 16.9. The maximum Gasteiger partial charge on any atom is 0.178 e. The van der Waals surface area contributed by atoms with Crippen molar-refractivity contribution < 1.29 is 8.42 Å². The second kappa shape index (κ2) is 6.84. The molecule has 27 heavy (non-hydrogen) atoms. The molecule has 0 fully saturated rings. The second-order valence-corrected chi connectivity index (χ2v) is 11.0. The molecule has 3 rings (SSSR count). The van der Waals surface area contributed by atoms with Crippen LogP contribution in [-0.2, 0) is 20.7 Å². The minimum Gasteiger partial charge on any atom is -0.224 e. The first-order valence-corrected chi connectivity index (χ1v) is 11.2. The first kappa shape index (κ1) is 19.7. The van der Waals surface area contributed by atoms with Gasteiger partial charge in [0.1, 0.15) is 0 Å². The third-order valence-electron chi connectivity index (χ3n) is 5.80. The van der Waals surface area contributed by atoms with Crippen LogP contribution in [-0.4, -0.2) is 14.2 Å². The summed E-state index contributed by atoms with van der Waals surface area (Å²) in [4.78, 5) is 0.355. The van der Waals surface area contributed by atoms with Crippen LogP contribution in [0.1, 0.15) is 69.7 Å². The summed E-state index contributed by atoms with van der Waals surface area (Å²) in [5, 5.41) is 0. The van der Waals surface area contributed by atoms with E-state index in [9.17, 15) is 8.42 Å². The molecule has 0 aromatic heterocycles. The van der Waals surface area contributed by atoms with Gasteiger partial charge in [-0.3, -0.25) is 0 Å². The molecular formula is C24H28O2S. The van der Waals surface area contributed by atoms with Crippen LogP contribution in [0.4, 0.5) is 0 Å². The lowest BCUT2D eigenvalue weighted by Crippen LogP contribution is -2.33. The summed E-state index contributed by atoms with van der Waals surface area (Å²) in [6, 6.07) is 13.4. The smallest absolute Gasteiger partial charge is 0.178 e. The summed E-state index contributed by atoms with van der Waals surface area (Å²) >= 11 is 0. The van der Waals surface area contributed by atoms with Crippen LogP contribution in [0.3, 0.4) is 0 Å². The lowest BCUT2D eigenvalue weighted by molar-refractivity contribution is 0.332. The topological polar surface area (TPSA) is 34.1 Å². The summed E-state index contributed by atoms with van der Waals surface area (Å²) in [7, 11) is -3.16. The monoisotopic (exact) mass is 380 g/mol. The van der Waals surface area contributed by atoms with Crippen LogP contribution in [0.15, 0.2) is 47.4 Å². The Bertz CT molecular complexity index is 1010. The Kier molecular flexibility index (Phi) is 4.99. The molecule has 0 N–H and O–H groups in total. The van der Waals surface area contributed by atoms with E-state index in [1.807, 2.05) is 0 Å². The van der Waals surface area contributed by atoms with E-state index in [2.05, 4.69) is 57.7 Å². The first-order chi connectivity index (χ1) is 12.5. The molecule has 0 aliphatic heterocycles. The number of rotatable bonds is 2. The Hall–Kier alpha value is -2.05. The quantitative estimate of drug-likeness (QED) is 0.669.